The SMILES string of the molecule is C[C@]12CCC(OCCn3ccnc3)CC1CC[C@@H]1[C@H]2CC[C@]2(C)C(O)(c3ccoc3)CC[C@@]12O. The topological polar surface area (TPSA) is 80.7 Å². The fourth-order valence-corrected chi connectivity index (χ4v) is 9.06. The quantitative estimate of drug-likeness (QED) is 0.652. The maximum absolute atomic E-state index is 12.3. The predicted octanol–water partition coefficient (Wildman–Crippen LogP) is 4.91. The standard InChI is InChI=1S/C28H40N2O4/c1-25-8-5-22(34-16-14-30-13-12-29-19-30)17-20(25)3-4-24-23(25)6-9-26(2)27(31,10-11-28(24,26)32)21-7-15-33-18-21/h7,12-13,15,18-20,22-24,31-32H,3-6,8-11,14,16-17H2,1-2H3/t20?,22?,23-,24-,25+,26-,27?,28-/m1/s1. The highest BCUT2D eigenvalue weighted by molar-refractivity contribution is 5.30. The van der Waals surface area contributed by atoms with Crippen LogP contribution >= 0.6 is 0 Å². The number of furan rings is 1. The highest BCUT2D eigenvalue weighted by Gasteiger charge is 2.72. The number of aromatic nitrogens is 2. The van der Waals surface area contributed by atoms with Crippen LogP contribution in [0.4, 0.5) is 0 Å². The van der Waals surface area contributed by atoms with Crippen molar-refractivity contribution in [3.63, 3.8) is 0 Å². The van der Waals surface area contributed by atoms with Crippen LogP contribution in [0, 0.1) is 28.6 Å². The zero-order valence-corrected chi connectivity index (χ0v) is 20.7. The van der Waals surface area contributed by atoms with E-state index in [0.29, 0.717) is 30.8 Å². The average molecular weight is 469 g/mol. The van der Waals surface area contributed by atoms with Crippen LogP contribution in [0.15, 0.2) is 41.7 Å². The molecule has 0 aliphatic heterocycles. The first kappa shape index (κ1) is 22.8. The molecule has 0 aromatic carbocycles. The fraction of sp³-hybridized carbons (Fsp3) is 0.750. The lowest BCUT2D eigenvalue weighted by Gasteiger charge is -2.64. The maximum Gasteiger partial charge on any atom is 0.101 e. The molecule has 2 aromatic rings. The second kappa shape index (κ2) is 7.94. The molecule has 4 aliphatic carbocycles. The summed E-state index contributed by atoms with van der Waals surface area (Å²) in [5.74, 6) is 1.43. The summed E-state index contributed by atoms with van der Waals surface area (Å²) in [6.45, 7) is 6.23. The zero-order chi connectivity index (χ0) is 23.6. The van der Waals surface area contributed by atoms with Crippen molar-refractivity contribution in [2.45, 2.75) is 95.5 Å². The summed E-state index contributed by atoms with van der Waals surface area (Å²) in [7, 11) is 0. The first-order valence-corrected chi connectivity index (χ1v) is 13.3. The summed E-state index contributed by atoms with van der Waals surface area (Å²) in [6.07, 6.45) is 18.2. The maximum atomic E-state index is 12.3. The minimum Gasteiger partial charge on any atom is -0.472 e. The number of aliphatic hydroxyl groups is 2. The minimum absolute atomic E-state index is 0.251. The number of imidazole rings is 1. The molecule has 8 atom stereocenters. The molecule has 0 radical (unpaired) electrons. The molecule has 0 spiro atoms. The smallest absolute Gasteiger partial charge is 0.101 e. The van der Waals surface area contributed by atoms with E-state index in [1.54, 1.807) is 12.5 Å². The summed E-state index contributed by atoms with van der Waals surface area (Å²) in [4.78, 5) is 4.11. The van der Waals surface area contributed by atoms with Crippen LogP contribution in [0.25, 0.3) is 0 Å². The largest absolute Gasteiger partial charge is 0.472 e. The molecule has 3 unspecified atom stereocenters. The Bertz CT molecular complexity index is 992. The van der Waals surface area contributed by atoms with Crippen LogP contribution < -0.4 is 0 Å². The Morgan fingerprint density at radius 1 is 1.09 bits per heavy atom. The molecule has 6 nitrogen and oxygen atoms in total. The van der Waals surface area contributed by atoms with E-state index < -0.39 is 16.6 Å². The van der Waals surface area contributed by atoms with Crippen LogP contribution in [0.5, 0.6) is 0 Å². The lowest BCUT2D eigenvalue weighted by Crippen LogP contribution is -2.64. The van der Waals surface area contributed by atoms with E-state index in [2.05, 4.69) is 23.4 Å². The molecule has 2 N–H and O–H groups in total. The summed E-state index contributed by atoms with van der Waals surface area (Å²) in [5, 5.41) is 24.2. The lowest BCUT2D eigenvalue weighted by molar-refractivity contribution is -0.239. The third-order valence-corrected chi connectivity index (χ3v) is 11.2. The van der Waals surface area contributed by atoms with Crippen LogP contribution in [-0.4, -0.2) is 38.1 Å². The van der Waals surface area contributed by atoms with Crippen molar-refractivity contribution in [3.8, 4) is 0 Å². The Kier molecular flexibility index (Phi) is 5.33. The van der Waals surface area contributed by atoms with Crippen molar-refractivity contribution in [1.29, 1.82) is 0 Å². The summed E-state index contributed by atoms with van der Waals surface area (Å²) in [6, 6.07) is 1.88. The molecular weight excluding hydrogens is 428 g/mol. The van der Waals surface area contributed by atoms with Gasteiger partial charge in [-0.3, -0.25) is 0 Å². The molecule has 2 aromatic heterocycles. The number of nitrogens with zero attached hydrogens (tertiary/aromatic N) is 2. The molecule has 4 saturated carbocycles. The Labute approximate surface area is 202 Å². The molecule has 34 heavy (non-hydrogen) atoms. The van der Waals surface area contributed by atoms with Gasteiger partial charge in [0.15, 0.2) is 0 Å². The molecule has 0 saturated heterocycles. The molecular formula is C28H40N2O4. The second-order valence-electron chi connectivity index (χ2n) is 12.2. The van der Waals surface area contributed by atoms with Crippen LogP contribution in [0.1, 0.15) is 77.2 Å². The molecule has 0 amide bonds. The minimum atomic E-state index is -1.02. The van der Waals surface area contributed by atoms with E-state index in [1.807, 2.05) is 24.8 Å². The van der Waals surface area contributed by atoms with E-state index in [1.165, 1.54) is 6.42 Å². The third-order valence-electron chi connectivity index (χ3n) is 11.2. The lowest BCUT2D eigenvalue weighted by atomic mass is 9.43. The molecule has 4 aliphatic rings. The molecule has 4 fully saturated rings. The summed E-state index contributed by atoms with van der Waals surface area (Å²) < 4.78 is 13.7. The van der Waals surface area contributed by atoms with Crippen molar-refractivity contribution in [2.75, 3.05) is 6.61 Å². The molecule has 6 rings (SSSR count). The first-order valence-electron chi connectivity index (χ1n) is 13.3. The van der Waals surface area contributed by atoms with Gasteiger partial charge < -0.3 is 23.9 Å². The van der Waals surface area contributed by atoms with Gasteiger partial charge in [-0.15, -0.1) is 0 Å². The number of hydrogen-bond donors (Lipinski definition) is 2. The van der Waals surface area contributed by atoms with Gasteiger partial charge in [0.1, 0.15) is 5.60 Å². The Morgan fingerprint density at radius 3 is 2.74 bits per heavy atom. The third kappa shape index (κ3) is 3.07. The van der Waals surface area contributed by atoms with E-state index in [-0.39, 0.29) is 11.3 Å². The molecule has 2 heterocycles. The monoisotopic (exact) mass is 468 g/mol. The number of rotatable bonds is 5. The van der Waals surface area contributed by atoms with E-state index in [0.717, 1.165) is 57.2 Å². The van der Waals surface area contributed by atoms with Gasteiger partial charge in [0.25, 0.3) is 0 Å². The Balaban J connectivity index is 1.18. The highest BCUT2D eigenvalue weighted by atomic mass is 16.5. The number of ether oxygens (including phenoxy) is 1. The number of fused-ring (bicyclic) bond motifs is 5. The molecule has 0 bridgehead atoms. The van der Waals surface area contributed by atoms with Gasteiger partial charge in [0, 0.05) is 29.9 Å². The van der Waals surface area contributed by atoms with Crippen molar-refractivity contribution >= 4 is 0 Å². The van der Waals surface area contributed by atoms with Crippen molar-refractivity contribution in [2.24, 2.45) is 28.6 Å². The van der Waals surface area contributed by atoms with Gasteiger partial charge >= 0.3 is 0 Å². The molecule has 6 heteroatoms. The van der Waals surface area contributed by atoms with Gasteiger partial charge in [-0.25, -0.2) is 4.98 Å². The summed E-state index contributed by atoms with van der Waals surface area (Å²) in [5.41, 5.74) is -1.30. The van der Waals surface area contributed by atoms with Crippen LogP contribution in [0.2, 0.25) is 0 Å². The average Bonchev–Trinajstić information content (AvgIpc) is 3.57. The normalized spacial score (nSPS) is 46.0. The zero-order valence-electron chi connectivity index (χ0n) is 20.7. The first-order chi connectivity index (χ1) is 16.3. The van der Waals surface area contributed by atoms with Crippen molar-refractivity contribution in [3.05, 3.63) is 42.9 Å². The van der Waals surface area contributed by atoms with Crippen molar-refractivity contribution in [1.82, 2.24) is 9.55 Å². The van der Waals surface area contributed by atoms with E-state index in [4.69, 9.17) is 9.15 Å². The highest BCUT2D eigenvalue weighted by Crippen LogP contribution is 2.71. The van der Waals surface area contributed by atoms with Gasteiger partial charge in [0.2, 0.25) is 0 Å². The molecule has 186 valence electrons. The van der Waals surface area contributed by atoms with Gasteiger partial charge in [-0.05, 0) is 87.0 Å². The van der Waals surface area contributed by atoms with Crippen LogP contribution in [-0.2, 0) is 16.9 Å². The van der Waals surface area contributed by atoms with Gasteiger partial charge in [-0.2, -0.15) is 0 Å². The Morgan fingerprint density at radius 2 is 1.97 bits per heavy atom. The van der Waals surface area contributed by atoms with Crippen LogP contribution in [0.3, 0.4) is 0 Å². The van der Waals surface area contributed by atoms with Gasteiger partial charge in [-0.1, -0.05) is 13.8 Å². The fourth-order valence-electron chi connectivity index (χ4n) is 9.06. The van der Waals surface area contributed by atoms with E-state index >= 15 is 0 Å². The predicted molar refractivity (Wildman–Crippen MR) is 128 cm³/mol. The summed E-state index contributed by atoms with van der Waals surface area (Å²) >= 11 is 0. The van der Waals surface area contributed by atoms with E-state index in [9.17, 15) is 10.2 Å². The number of hydrogen-bond acceptors (Lipinski definition) is 5. The second-order valence-corrected chi connectivity index (χ2v) is 12.2. The van der Waals surface area contributed by atoms with Crippen molar-refractivity contribution < 1.29 is 19.4 Å². The Hall–Kier alpha value is -1.63. The van der Waals surface area contributed by atoms with Gasteiger partial charge in [0.05, 0.1) is 37.2 Å².